The first-order valence-corrected chi connectivity index (χ1v) is 12.5. The van der Waals surface area contributed by atoms with Crippen LogP contribution in [0.1, 0.15) is 0 Å². The molecular formula is C33H22N4. The zero-order valence-electron chi connectivity index (χ0n) is 20.0. The Morgan fingerprint density at radius 3 is 1.86 bits per heavy atom. The minimum atomic E-state index is 0.931. The van der Waals surface area contributed by atoms with Gasteiger partial charge in [-0.3, -0.25) is 9.13 Å². The van der Waals surface area contributed by atoms with Gasteiger partial charge >= 0.3 is 0 Å². The van der Waals surface area contributed by atoms with E-state index in [2.05, 4.69) is 135 Å². The zero-order chi connectivity index (χ0) is 24.3. The van der Waals surface area contributed by atoms with Crippen molar-refractivity contribution < 1.29 is 0 Å². The van der Waals surface area contributed by atoms with E-state index >= 15 is 0 Å². The third kappa shape index (κ3) is 2.87. The van der Waals surface area contributed by atoms with Crippen molar-refractivity contribution >= 4 is 43.9 Å². The number of H-pyrrole nitrogens is 1. The molecule has 1 N–H and O–H groups in total. The molecule has 0 fully saturated rings. The highest BCUT2D eigenvalue weighted by molar-refractivity contribution is 6.27. The second-order valence-corrected chi connectivity index (χ2v) is 9.37. The number of imidazole rings is 1. The van der Waals surface area contributed by atoms with Crippen LogP contribution in [0.3, 0.4) is 0 Å². The maximum absolute atomic E-state index is 5.36. The van der Waals surface area contributed by atoms with E-state index in [4.69, 9.17) is 4.98 Å². The van der Waals surface area contributed by atoms with Gasteiger partial charge in [-0.1, -0.05) is 84.9 Å². The summed E-state index contributed by atoms with van der Waals surface area (Å²) >= 11 is 0. The molecule has 5 aromatic carbocycles. The Morgan fingerprint density at radius 2 is 1.14 bits per heavy atom. The summed E-state index contributed by atoms with van der Waals surface area (Å²) in [6.07, 6.45) is 0. The number of nitrogens with zero attached hydrogens (tertiary/aromatic N) is 3. The van der Waals surface area contributed by atoms with E-state index in [1.165, 1.54) is 16.2 Å². The summed E-state index contributed by atoms with van der Waals surface area (Å²) in [7, 11) is 0. The lowest BCUT2D eigenvalue weighted by molar-refractivity contribution is 1.10. The number of hydrogen-bond donors (Lipinski definition) is 1. The molecule has 8 aromatic rings. The van der Waals surface area contributed by atoms with Gasteiger partial charge < -0.3 is 4.98 Å². The number of hydrogen-bond acceptors (Lipinski definition) is 1. The predicted molar refractivity (Wildman–Crippen MR) is 153 cm³/mol. The molecule has 3 heterocycles. The van der Waals surface area contributed by atoms with Gasteiger partial charge in [-0.15, -0.1) is 0 Å². The lowest BCUT2D eigenvalue weighted by atomic mass is 10.1. The third-order valence-electron chi connectivity index (χ3n) is 7.26. The van der Waals surface area contributed by atoms with E-state index in [0.29, 0.717) is 0 Å². The Kier molecular flexibility index (Phi) is 4.19. The molecule has 0 saturated carbocycles. The van der Waals surface area contributed by atoms with Crippen LogP contribution in [0.2, 0.25) is 0 Å². The number of fused-ring (bicyclic) bond motifs is 7. The largest absolute Gasteiger partial charge is 0.354 e. The van der Waals surface area contributed by atoms with Crippen molar-refractivity contribution in [2.75, 3.05) is 0 Å². The maximum atomic E-state index is 5.36. The van der Waals surface area contributed by atoms with E-state index in [0.717, 1.165) is 50.5 Å². The van der Waals surface area contributed by atoms with Crippen molar-refractivity contribution in [1.82, 2.24) is 19.1 Å². The van der Waals surface area contributed by atoms with Crippen LogP contribution in [-0.2, 0) is 0 Å². The molecule has 0 bridgehead atoms. The second-order valence-electron chi connectivity index (χ2n) is 9.37. The standard InChI is InChI=1S/C33H22N4/c1-4-12-22(13-5-1)32-35-33-31(37(32)24-16-8-3-9-17-24)30-28(36(33)23-14-6-2-7-15-23)21-20-27-29(30)25-18-10-11-19-26(25)34-27/h1-21,34H. The summed E-state index contributed by atoms with van der Waals surface area (Å²) in [4.78, 5) is 9.00. The summed E-state index contributed by atoms with van der Waals surface area (Å²) in [6.45, 7) is 0. The van der Waals surface area contributed by atoms with Gasteiger partial charge in [0.1, 0.15) is 11.3 Å². The molecule has 0 radical (unpaired) electrons. The summed E-state index contributed by atoms with van der Waals surface area (Å²) < 4.78 is 4.63. The summed E-state index contributed by atoms with van der Waals surface area (Å²) in [5, 5.41) is 3.65. The van der Waals surface area contributed by atoms with Crippen LogP contribution >= 0.6 is 0 Å². The fraction of sp³-hybridized carbons (Fsp3) is 0. The van der Waals surface area contributed by atoms with Gasteiger partial charge in [0.2, 0.25) is 0 Å². The van der Waals surface area contributed by atoms with Crippen molar-refractivity contribution in [3.05, 3.63) is 127 Å². The molecule has 3 aromatic heterocycles. The van der Waals surface area contributed by atoms with Crippen LogP contribution in [0.25, 0.3) is 66.6 Å². The first-order chi connectivity index (χ1) is 18.4. The van der Waals surface area contributed by atoms with Gasteiger partial charge in [-0.25, -0.2) is 4.98 Å². The Balaban J connectivity index is 1.66. The number of aromatic nitrogens is 4. The van der Waals surface area contributed by atoms with Crippen LogP contribution in [-0.4, -0.2) is 19.1 Å². The maximum Gasteiger partial charge on any atom is 0.165 e. The first-order valence-electron chi connectivity index (χ1n) is 12.5. The molecule has 0 amide bonds. The predicted octanol–water partition coefficient (Wildman–Crippen LogP) is 8.27. The molecule has 0 aliphatic carbocycles. The van der Waals surface area contributed by atoms with Crippen LogP contribution in [0.5, 0.6) is 0 Å². The van der Waals surface area contributed by atoms with Crippen LogP contribution in [0.15, 0.2) is 127 Å². The van der Waals surface area contributed by atoms with Gasteiger partial charge in [0.05, 0.1) is 5.52 Å². The summed E-state index contributed by atoms with van der Waals surface area (Å²) in [5.41, 5.74) is 8.74. The highest BCUT2D eigenvalue weighted by Crippen LogP contribution is 2.42. The zero-order valence-corrected chi connectivity index (χ0v) is 20.0. The van der Waals surface area contributed by atoms with Gasteiger partial charge in [-0.05, 0) is 42.5 Å². The molecule has 4 nitrogen and oxygen atoms in total. The minimum Gasteiger partial charge on any atom is -0.354 e. The number of rotatable bonds is 3. The number of benzene rings is 5. The average Bonchev–Trinajstić information content (AvgIpc) is 3.63. The SMILES string of the molecule is c1ccc(-c2nc3c(c4c5c(ccc4n3-c3ccccc3)[nH]c3ccccc35)n2-c2ccccc2)cc1. The van der Waals surface area contributed by atoms with Crippen molar-refractivity contribution in [1.29, 1.82) is 0 Å². The molecule has 0 unspecified atom stereocenters. The van der Waals surface area contributed by atoms with Crippen LogP contribution in [0.4, 0.5) is 0 Å². The molecular weight excluding hydrogens is 452 g/mol. The first kappa shape index (κ1) is 20.1. The van der Waals surface area contributed by atoms with E-state index in [1.54, 1.807) is 0 Å². The van der Waals surface area contributed by atoms with E-state index in [-0.39, 0.29) is 0 Å². The number of para-hydroxylation sites is 3. The fourth-order valence-electron chi connectivity index (χ4n) is 5.71. The highest BCUT2D eigenvalue weighted by atomic mass is 15.2. The molecule has 0 aliphatic heterocycles. The van der Waals surface area contributed by atoms with Crippen molar-refractivity contribution in [2.24, 2.45) is 0 Å². The van der Waals surface area contributed by atoms with Crippen molar-refractivity contribution in [3.63, 3.8) is 0 Å². The lowest BCUT2D eigenvalue weighted by Crippen LogP contribution is -1.98. The minimum absolute atomic E-state index is 0.931. The van der Waals surface area contributed by atoms with Crippen molar-refractivity contribution in [2.45, 2.75) is 0 Å². The van der Waals surface area contributed by atoms with E-state index in [9.17, 15) is 0 Å². The molecule has 0 atom stereocenters. The molecule has 0 saturated heterocycles. The molecule has 37 heavy (non-hydrogen) atoms. The van der Waals surface area contributed by atoms with E-state index < -0.39 is 0 Å². The second kappa shape index (κ2) is 7.70. The van der Waals surface area contributed by atoms with Gasteiger partial charge in [0.15, 0.2) is 5.65 Å². The third-order valence-corrected chi connectivity index (χ3v) is 7.26. The Hall–Kier alpha value is -5.09. The Morgan fingerprint density at radius 1 is 0.514 bits per heavy atom. The quantitative estimate of drug-likeness (QED) is 0.275. The van der Waals surface area contributed by atoms with E-state index in [1.807, 2.05) is 6.07 Å². The topological polar surface area (TPSA) is 38.5 Å². The number of aromatic amines is 1. The van der Waals surface area contributed by atoms with Crippen LogP contribution in [0, 0.1) is 0 Å². The number of nitrogens with one attached hydrogen (secondary N) is 1. The average molecular weight is 475 g/mol. The summed E-state index contributed by atoms with van der Waals surface area (Å²) in [6, 6.07) is 44.6. The molecule has 4 heteroatoms. The monoisotopic (exact) mass is 474 g/mol. The van der Waals surface area contributed by atoms with Gasteiger partial charge in [-0.2, -0.15) is 0 Å². The molecule has 0 aliphatic rings. The molecule has 0 spiro atoms. The fourth-order valence-corrected chi connectivity index (χ4v) is 5.71. The van der Waals surface area contributed by atoms with Crippen LogP contribution < -0.4 is 0 Å². The lowest BCUT2D eigenvalue weighted by Gasteiger charge is -2.10. The van der Waals surface area contributed by atoms with Crippen molar-refractivity contribution in [3.8, 4) is 22.8 Å². The van der Waals surface area contributed by atoms with Gasteiger partial charge in [0.25, 0.3) is 0 Å². The smallest absolute Gasteiger partial charge is 0.165 e. The summed E-state index contributed by atoms with van der Waals surface area (Å²) in [5.74, 6) is 0.931. The molecule has 174 valence electrons. The molecule has 8 rings (SSSR count). The Bertz CT molecular complexity index is 2060. The van der Waals surface area contributed by atoms with Gasteiger partial charge in [0, 0.05) is 44.1 Å². The highest BCUT2D eigenvalue weighted by Gasteiger charge is 2.25. The normalized spacial score (nSPS) is 11.8. The Labute approximate surface area is 213 Å².